The molecular formula is C12H25NO. The first-order valence-electron chi connectivity index (χ1n) is 6.14. The van der Waals surface area contributed by atoms with Gasteiger partial charge in [0.2, 0.25) is 0 Å². The van der Waals surface area contributed by atoms with Gasteiger partial charge >= 0.3 is 0 Å². The van der Waals surface area contributed by atoms with E-state index >= 15 is 0 Å². The van der Waals surface area contributed by atoms with E-state index < -0.39 is 0 Å². The van der Waals surface area contributed by atoms with Crippen molar-refractivity contribution in [2.24, 2.45) is 5.92 Å². The molecule has 0 aromatic rings. The Morgan fingerprint density at radius 3 is 2.50 bits per heavy atom. The van der Waals surface area contributed by atoms with Crippen LogP contribution in [-0.4, -0.2) is 35.7 Å². The fourth-order valence-corrected chi connectivity index (χ4v) is 2.70. The molecule has 0 aliphatic heterocycles. The largest absolute Gasteiger partial charge is 0.395 e. The molecule has 0 saturated heterocycles. The SMILES string of the molecule is CCCN(CCO)C1CCCCC1C. The lowest BCUT2D eigenvalue weighted by Gasteiger charge is -2.38. The van der Waals surface area contributed by atoms with Crippen LogP contribution in [0.1, 0.15) is 46.0 Å². The van der Waals surface area contributed by atoms with Gasteiger partial charge in [-0.15, -0.1) is 0 Å². The second kappa shape index (κ2) is 6.41. The number of hydrogen-bond donors (Lipinski definition) is 1. The van der Waals surface area contributed by atoms with E-state index in [1.54, 1.807) is 0 Å². The van der Waals surface area contributed by atoms with E-state index in [1.165, 1.54) is 32.1 Å². The highest BCUT2D eigenvalue weighted by Crippen LogP contribution is 2.27. The highest BCUT2D eigenvalue weighted by atomic mass is 16.3. The third-order valence-corrected chi connectivity index (χ3v) is 3.43. The van der Waals surface area contributed by atoms with E-state index in [0.29, 0.717) is 6.61 Å². The third kappa shape index (κ3) is 3.25. The van der Waals surface area contributed by atoms with E-state index in [-0.39, 0.29) is 0 Å². The molecule has 14 heavy (non-hydrogen) atoms. The number of aliphatic hydroxyl groups excluding tert-OH is 1. The molecule has 1 N–H and O–H groups in total. The van der Waals surface area contributed by atoms with Crippen molar-refractivity contribution in [1.29, 1.82) is 0 Å². The highest BCUT2D eigenvalue weighted by Gasteiger charge is 2.25. The Balaban J connectivity index is 2.46. The van der Waals surface area contributed by atoms with E-state index in [4.69, 9.17) is 5.11 Å². The fourth-order valence-electron chi connectivity index (χ4n) is 2.70. The maximum atomic E-state index is 9.04. The molecule has 1 fully saturated rings. The summed E-state index contributed by atoms with van der Waals surface area (Å²) in [5.41, 5.74) is 0. The first kappa shape index (κ1) is 12.0. The molecule has 0 heterocycles. The Hall–Kier alpha value is -0.0800. The van der Waals surface area contributed by atoms with Gasteiger partial charge in [-0.05, 0) is 31.7 Å². The smallest absolute Gasteiger partial charge is 0.0558 e. The van der Waals surface area contributed by atoms with E-state index in [2.05, 4.69) is 18.7 Å². The van der Waals surface area contributed by atoms with Crippen LogP contribution in [0.4, 0.5) is 0 Å². The zero-order valence-electron chi connectivity index (χ0n) is 9.71. The zero-order chi connectivity index (χ0) is 10.4. The minimum absolute atomic E-state index is 0.309. The summed E-state index contributed by atoms with van der Waals surface area (Å²) in [6.45, 7) is 6.91. The molecule has 2 atom stereocenters. The predicted octanol–water partition coefficient (Wildman–Crippen LogP) is 2.27. The zero-order valence-corrected chi connectivity index (χ0v) is 9.71. The van der Waals surface area contributed by atoms with Crippen molar-refractivity contribution in [1.82, 2.24) is 4.90 Å². The molecule has 0 aromatic heterocycles. The summed E-state index contributed by atoms with van der Waals surface area (Å²) in [6.07, 6.45) is 6.68. The first-order chi connectivity index (χ1) is 6.79. The third-order valence-electron chi connectivity index (χ3n) is 3.43. The Labute approximate surface area is 88.3 Å². The Morgan fingerprint density at radius 1 is 1.21 bits per heavy atom. The maximum Gasteiger partial charge on any atom is 0.0558 e. The molecular weight excluding hydrogens is 174 g/mol. The molecule has 1 aliphatic rings. The predicted molar refractivity (Wildman–Crippen MR) is 60.4 cm³/mol. The summed E-state index contributed by atoms with van der Waals surface area (Å²) in [4.78, 5) is 2.49. The van der Waals surface area contributed by atoms with Crippen LogP contribution in [0.15, 0.2) is 0 Å². The molecule has 1 saturated carbocycles. The molecule has 0 aromatic carbocycles. The Bertz CT molecular complexity index is 143. The average Bonchev–Trinajstić information content (AvgIpc) is 2.18. The molecule has 0 amide bonds. The van der Waals surface area contributed by atoms with Crippen LogP contribution < -0.4 is 0 Å². The average molecular weight is 199 g/mol. The van der Waals surface area contributed by atoms with Crippen LogP contribution in [0, 0.1) is 5.92 Å². The van der Waals surface area contributed by atoms with Crippen molar-refractivity contribution in [3.8, 4) is 0 Å². The standard InChI is InChI=1S/C12H25NO/c1-3-8-13(9-10-14)12-7-5-4-6-11(12)2/h11-12,14H,3-10H2,1-2H3. The van der Waals surface area contributed by atoms with Crippen molar-refractivity contribution in [3.63, 3.8) is 0 Å². The summed E-state index contributed by atoms with van der Waals surface area (Å²) in [5, 5.41) is 9.04. The van der Waals surface area contributed by atoms with Gasteiger partial charge in [0.15, 0.2) is 0 Å². The second-order valence-corrected chi connectivity index (χ2v) is 4.59. The molecule has 84 valence electrons. The van der Waals surface area contributed by atoms with E-state index in [0.717, 1.165) is 25.0 Å². The van der Waals surface area contributed by atoms with Crippen molar-refractivity contribution in [2.45, 2.75) is 52.0 Å². The van der Waals surface area contributed by atoms with Crippen LogP contribution in [0.2, 0.25) is 0 Å². The van der Waals surface area contributed by atoms with Gasteiger partial charge in [0.05, 0.1) is 6.61 Å². The number of rotatable bonds is 5. The fraction of sp³-hybridized carbons (Fsp3) is 1.00. The summed E-state index contributed by atoms with van der Waals surface area (Å²) < 4.78 is 0. The van der Waals surface area contributed by atoms with Crippen LogP contribution in [0.3, 0.4) is 0 Å². The lowest BCUT2D eigenvalue weighted by molar-refractivity contribution is 0.0903. The Kier molecular flexibility index (Phi) is 5.49. The molecule has 2 nitrogen and oxygen atoms in total. The summed E-state index contributed by atoms with van der Waals surface area (Å²) in [7, 11) is 0. The normalized spacial score (nSPS) is 28.3. The van der Waals surface area contributed by atoms with Crippen molar-refractivity contribution in [2.75, 3.05) is 19.7 Å². The van der Waals surface area contributed by atoms with Crippen molar-refractivity contribution >= 4 is 0 Å². The minimum atomic E-state index is 0.309. The van der Waals surface area contributed by atoms with E-state index in [1.807, 2.05) is 0 Å². The number of nitrogens with zero attached hydrogens (tertiary/aromatic N) is 1. The van der Waals surface area contributed by atoms with Gasteiger partial charge < -0.3 is 5.11 Å². The van der Waals surface area contributed by atoms with Gasteiger partial charge in [-0.3, -0.25) is 4.90 Å². The number of hydrogen-bond acceptors (Lipinski definition) is 2. The lowest BCUT2D eigenvalue weighted by Crippen LogP contribution is -2.43. The molecule has 2 heteroatoms. The molecule has 2 unspecified atom stereocenters. The van der Waals surface area contributed by atoms with Gasteiger partial charge in [-0.1, -0.05) is 26.7 Å². The summed E-state index contributed by atoms with van der Waals surface area (Å²) in [5.74, 6) is 0.821. The van der Waals surface area contributed by atoms with Gasteiger partial charge in [-0.25, -0.2) is 0 Å². The molecule has 0 radical (unpaired) electrons. The van der Waals surface area contributed by atoms with Crippen molar-refractivity contribution in [3.05, 3.63) is 0 Å². The number of aliphatic hydroxyl groups is 1. The first-order valence-corrected chi connectivity index (χ1v) is 6.14. The second-order valence-electron chi connectivity index (χ2n) is 4.59. The van der Waals surface area contributed by atoms with Crippen molar-refractivity contribution < 1.29 is 5.11 Å². The van der Waals surface area contributed by atoms with Gasteiger partial charge in [0.25, 0.3) is 0 Å². The quantitative estimate of drug-likeness (QED) is 0.734. The molecule has 1 rings (SSSR count). The minimum Gasteiger partial charge on any atom is -0.395 e. The van der Waals surface area contributed by atoms with Crippen LogP contribution in [0.25, 0.3) is 0 Å². The molecule has 0 spiro atoms. The molecule has 1 aliphatic carbocycles. The maximum absolute atomic E-state index is 9.04. The van der Waals surface area contributed by atoms with Gasteiger partial charge in [0.1, 0.15) is 0 Å². The summed E-state index contributed by atoms with van der Waals surface area (Å²) in [6, 6.07) is 0.732. The summed E-state index contributed by atoms with van der Waals surface area (Å²) >= 11 is 0. The lowest BCUT2D eigenvalue weighted by atomic mass is 9.85. The highest BCUT2D eigenvalue weighted by molar-refractivity contribution is 4.80. The van der Waals surface area contributed by atoms with Crippen LogP contribution >= 0.6 is 0 Å². The van der Waals surface area contributed by atoms with Gasteiger partial charge in [0, 0.05) is 12.6 Å². The Morgan fingerprint density at radius 2 is 1.93 bits per heavy atom. The topological polar surface area (TPSA) is 23.5 Å². The van der Waals surface area contributed by atoms with Gasteiger partial charge in [-0.2, -0.15) is 0 Å². The van der Waals surface area contributed by atoms with Crippen LogP contribution in [0.5, 0.6) is 0 Å². The monoisotopic (exact) mass is 199 g/mol. The van der Waals surface area contributed by atoms with Crippen LogP contribution in [-0.2, 0) is 0 Å². The molecule has 0 bridgehead atoms. The van der Waals surface area contributed by atoms with E-state index in [9.17, 15) is 0 Å².